The summed E-state index contributed by atoms with van der Waals surface area (Å²) >= 11 is 0. The van der Waals surface area contributed by atoms with E-state index in [4.69, 9.17) is 10.2 Å². The zero-order chi connectivity index (χ0) is 11.3. The van der Waals surface area contributed by atoms with E-state index in [9.17, 15) is 0 Å². The van der Waals surface area contributed by atoms with Gasteiger partial charge in [0.1, 0.15) is 5.76 Å². The molecule has 1 heterocycles. The van der Waals surface area contributed by atoms with E-state index in [-0.39, 0.29) is 0 Å². The maximum absolute atomic E-state index is 5.73. The molecule has 1 aromatic heterocycles. The van der Waals surface area contributed by atoms with Crippen LogP contribution in [-0.4, -0.2) is 11.5 Å². The monoisotopic (exact) mass is 208 g/mol. The van der Waals surface area contributed by atoms with Gasteiger partial charge in [0, 0.05) is 18.9 Å². The molecule has 1 aromatic rings. The van der Waals surface area contributed by atoms with Gasteiger partial charge in [-0.3, -0.25) is 0 Å². The lowest BCUT2D eigenvalue weighted by atomic mass is 10.0. The van der Waals surface area contributed by atoms with Crippen LogP contribution in [0.3, 0.4) is 0 Å². The Morgan fingerprint density at radius 2 is 1.93 bits per heavy atom. The molecule has 0 saturated heterocycles. The van der Waals surface area contributed by atoms with Gasteiger partial charge in [-0.1, -0.05) is 27.7 Å². The van der Waals surface area contributed by atoms with Gasteiger partial charge >= 0.3 is 0 Å². The van der Waals surface area contributed by atoms with Crippen molar-refractivity contribution >= 4 is 0 Å². The first-order valence-corrected chi connectivity index (χ1v) is 5.56. The number of nitrogens with zero attached hydrogens (tertiary/aromatic N) is 1. The first-order chi connectivity index (χ1) is 6.91. The van der Waals surface area contributed by atoms with Crippen LogP contribution in [0.1, 0.15) is 45.3 Å². The second-order valence-corrected chi connectivity index (χ2v) is 5.57. The Morgan fingerprint density at radius 3 is 2.40 bits per heavy atom. The molecule has 1 fully saturated rings. The minimum absolute atomic E-state index is 0.312. The molecule has 0 aliphatic heterocycles. The summed E-state index contributed by atoms with van der Waals surface area (Å²) < 4.78 is 5.73. The van der Waals surface area contributed by atoms with Crippen molar-refractivity contribution in [3.63, 3.8) is 0 Å². The summed E-state index contributed by atoms with van der Waals surface area (Å²) in [6.45, 7) is 9.72. The molecule has 2 rings (SSSR count). The van der Waals surface area contributed by atoms with Gasteiger partial charge in [0.2, 0.25) is 0 Å². The highest BCUT2D eigenvalue weighted by Crippen LogP contribution is 2.73. The predicted octanol–water partition coefficient (Wildman–Crippen LogP) is 2.33. The molecule has 0 spiro atoms. The zero-order valence-electron chi connectivity index (χ0n) is 10.0. The van der Waals surface area contributed by atoms with E-state index in [1.54, 1.807) is 0 Å². The van der Waals surface area contributed by atoms with Crippen LogP contribution in [-0.2, 0) is 6.42 Å². The molecule has 0 bridgehead atoms. The Hall–Kier alpha value is -0.830. The lowest BCUT2D eigenvalue weighted by Crippen LogP contribution is -2.02. The van der Waals surface area contributed by atoms with Crippen molar-refractivity contribution in [3.8, 4) is 0 Å². The molecular formula is C12H20N2O. The number of rotatable bonds is 3. The van der Waals surface area contributed by atoms with E-state index in [0.717, 1.165) is 18.1 Å². The van der Waals surface area contributed by atoms with Gasteiger partial charge in [-0.25, -0.2) is 4.98 Å². The van der Waals surface area contributed by atoms with Gasteiger partial charge < -0.3 is 10.2 Å². The first kappa shape index (κ1) is 10.7. The number of hydrogen-bond acceptors (Lipinski definition) is 3. The normalized spacial score (nSPS) is 23.0. The SMILES string of the molecule is CC1(C)C(c2cnc(CCN)o2)C1(C)C. The smallest absolute Gasteiger partial charge is 0.195 e. The Bertz CT molecular complexity index is 351. The second kappa shape index (κ2) is 3.08. The van der Waals surface area contributed by atoms with Crippen LogP contribution in [0.25, 0.3) is 0 Å². The van der Waals surface area contributed by atoms with Crippen LogP contribution < -0.4 is 5.73 Å². The van der Waals surface area contributed by atoms with Crippen molar-refractivity contribution in [2.75, 3.05) is 6.54 Å². The van der Waals surface area contributed by atoms with Crippen LogP contribution in [0.15, 0.2) is 10.6 Å². The minimum atomic E-state index is 0.312. The average Bonchev–Trinajstić information content (AvgIpc) is 2.51. The van der Waals surface area contributed by atoms with Crippen LogP contribution in [0, 0.1) is 10.8 Å². The van der Waals surface area contributed by atoms with Crippen LogP contribution in [0.4, 0.5) is 0 Å². The molecule has 0 radical (unpaired) electrons. The third-order valence-electron chi connectivity index (χ3n) is 4.23. The lowest BCUT2D eigenvalue weighted by molar-refractivity contribution is 0.439. The van der Waals surface area contributed by atoms with Gasteiger partial charge in [0.15, 0.2) is 5.89 Å². The number of aromatic nitrogens is 1. The average molecular weight is 208 g/mol. The molecule has 1 saturated carbocycles. The predicted molar refractivity (Wildman–Crippen MR) is 59.6 cm³/mol. The van der Waals surface area contributed by atoms with Crippen molar-refractivity contribution in [1.29, 1.82) is 0 Å². The van der Waals surface area contributed by atoms with E-state index < -0.39 is 0 Å². The molecular weight excluding hydrogens is 188 g/mol. The van der Waals surface area contributed by atoms with Crippen LogP contribution in [0.5, 0.6) is 0 Å². The fourth-order valence-corrected chi connectivity index (χ4v) is 2.60. The summed E-state index contributed by atoms with van der Waals surface area (Å²) in [5.74, 6) is 2.28. The first-order valence-electron chi connectivity index (χ1n) is 5.56. The highest BCUT2D eigenvalue weighted by molar-refractivity contribution is 5.27. The fourth-order valence-electron chi connectivity index (χ4n) is 2.60. The van der Waals surface area contributed by atoms with E-state index in [0.29, 0.717) is 23.3 Å². The van der Waals surface area contributed by atoms with Gasteiger partial charge in [0.25, 0.3) is 0 Å². The number of nitrogens with two attached hydrogens (primary N) is 1. The molecule has 3 nitrogen and oxygen atoms in total. The number of hydrogen-bond donors (Lipinski definition) is 1. The molecule has 0 amide bonds. The molecule has 2 N–H and O–H groups in total. The fraction of sp³-hybridized carbons (Fsp3) is 0.750. The second-order valence-electron chi connectivity index (χ2n) is 5.57. The highest BCUT2D eigenvalue weighted by Gasteiger charge is 2.66. The van der Waals surface area contributed by atoms with Gasteiger partial charge in [0.05, 0.1) is 6.20 Å². The highest BCUT2D eigenvalue weighted by atomic mass is 16.4. The summed E-state index contributed by atoms with van der Waals surface area (Å²) in [6, 6.07) is 0. The Labute approximate surface area is 91.1 Å². The van der Waals surface area contributed by atoms with Gasteiger partial charge in [-0.05, 0) is 10.8 Å². The standard InChI is InChI=1S/C12H20N2O/c1-11(2)10(12(11,3)4)8-7-14-9(15-8)5-6-13/h7,10H,5-6,13H2,1-4H3. The summed E-state index contributed by atoms with van der Waals surface area (Å²) in [5.41, 5.74) is 6.09. The van der Waals surface area contributed by atoms with E-state index >= 15 is 0 Å². The van der Waals surface area contributed by atoms with Crippen molar-refractivity contribution < 1.29 is 4.42 Å². The summed E-state index contributed by atoms with van der Waals surface area (Å²) in [5, 5.41) is 0. The maximum Gasteiger partial charge on any atom is 0.195 e. The molecule has 0 atom stereocenters. The summed E-state index contributed by atoms with van der Waals surface area (Å²) in [7, 11) is 0. The molecule has 3 heteroatoms. The summed E-state index contributed by atoms with van der Waals surface area (Å²) in [4.78, 5) is 4.25. The Balaban J connectivity index is 2.19. The quantitative estimate of drug-likeness (QED) is 0.829. The van der Waals surface area contributed by atoms with Crippen molar-refractivity contribution in [3.05, 3.63) is 17.8 Å². The molecule has 1 aliphatic carbocycles. The maximum atomic E-state index is 5.73. The number of oxazole rings is 1. The Kier molecular flexibility index (Phi) is 2.19. The van der Waals surface area contributed by atoms with E-state index in [1.165, 1.54) is 0 Å². The third-order valence-corrected chi connectivity index (χ3v) is 4.23. The molecule has 15 heavy (non-hydrogen) atoms. The van der Waals surface area contributed by atoms with Gasteiger partial charge in [-0.15, -0.1) is 0 Å². The molecule has 0 aromatic carbocycles. The lowest BCUT2D eigenvalue weighted by Gasteiger charge is -2.03. The molecule has 84 valence electrons. The van der Waals surface area contributed by atoms with Crippen molar-refractivity contribution in [2.24, 2.45) is 16.6 Å². The van der Waals surface area contributed by atoms with Crippen LogP contribution in [0.2, 0.25) is 0 Å². The van der Waals surface area contributed by atoms with Crippen molar-refractivity contribution in [2.45, 2.75) is 40.0 Å². The third kappa shape index (κ3) is 1.41. The minimum Gasteiger partial charge on any atom is -0.445 e. The zero-order valence-corrected chi connectivity index (χ0v) is 10.0. The van der Waals surface area contributed by atoms with Crippen LogP contribution >= 0.6 is 0 Å². The largest absolute Gasteiger partial charge is 0.445 e. The molecule has 0 unspecified atom stereocenters. The van der Waals surface area contributed by atoms with Crippen molar-refractivity contribution in [1.82, 2.24) is 4.98 Å². The van der Waals surface area contributed by atoms with Gasteiger partial charge in [-0.2, -0.15) is 0 Å². The van der Waals surface area contributed by atoms with E-state index in [1.807, 2.05) is 6.20 Å². The topological polar surface area (TPSA) is 52.0 Å². The van der Waals surface area contributed by atoms with E-state index in [2.05, 4.69) is 32.7 Å². The summed E-state index contributed by atoms with van der Waals surface area (Å²) in [6.07, 6.45) is 2.60. The Morgan fingerprint density at radius 1 is 1.33 bits per heavy atom. The molecule has 1 aliphatic rings.